The Morgan fingerprint density at radius 2 is 1.81 bits per heavy atom. The minimum absolute atomic E-state index is 0.255. The average molecular weight is 424 g/mol. The smallest absolute Gasteiger partial charge is 0.330 e. The molecular weight excluding hydrogens is 400 g/mol. The first-order valence-corrected chi connectivity index (χ1v) is 9.94. The molecule has 9 heteroatoms. The quantitative estimate of drug-likeness (QED) is 0.551. The fourth-order valence-electron chi connectivity index (χ4n) is 2.97. The van der Waals surface area contributed by atoms with E-state index >= 15 is 0 Å². The van der Waals surface area contributed by atoms with Crippen LogP contribution in [0.4, 0.5) is 0 Å². The molecule has 162 valence electrons. The van der Waals surface area contributed by atoms with Crippen LogP contribution < -0.4 is 15.6 Å². The van der Waals surface area contributed by atoms with Crippen LogP contribution in [0.25, 0.3) is 10.9 Å². The standard InChI is InChI=1S/C22H24N4O5/c1-4-30-18-12-8-6-10-16(18)20(27)23-19(14(2)3)22(29)31-13-26-21(28)15-9-5-7-11-17(15)24-25-26/h5-12,14,19H,4,13H2,1-3H3,(H,23,27). The van der Waals surface area contributed by atoms with Gasteiger partial charge in [-0.05, 0) is 37.1 Å². The van der Waals surface area contributed by atoms with E-state index in [2.05, 4.69) is 15.6 Å². The minimum Gasteiger partial charge on any atom is -0.493 e. The van der Waals surface area contributed by atoms with Crippen molar-refractivity contribution >= 4 is 22.8 Å². The zero-order chi connectivity index (χ0) is 22.4. The summed E-state index contributed by atoms with van der Waals surface area (Å²) in [6.45, 7) is 5.37. The van der Waals surface area contributed by atoms with Crippen LogP contribution in [0.2, 0.25) is 0 Å². The molecule has 0 aliphatic heterocycles. The number of aromatic nitrogens is 3. The van der Waals surface area contributed by atoms with Crippen LogP contribution in [-0.4, -0.2) is 39.5 Å². The highest BCUT2D eigenvalue weighted by Crippen LogP contribution is 2.18. The molecule has 0 aliphatic carbocycles. The predicted molar refractivity (Wildman–Crippen MR) is 114 cm³/mol. The van der Waals surface area contributed by atoms with Crippen LogP contribution in [0.5, 0.6) is 5.75 Å². The van der Waals surface area contributed by atoms with Crippen LogP contribution >= 0.6 is 0 Å². The van der Waals surface area contributed by atoms with Crippen molar-refractivity contribution in [1.29, 1.82) is 0 Å². The summed E-state index contributed by atoms with van der Waals surface area (Å²) in [5.74, 6) is -0.965. The van der Waals surface area contributed by atoms with Crippen LogP contribution in [0.3, 0.4) is 0 Å². The molecule has 31 heavy (non-hydrogen) atoms. The van der Waals surface area contributed by atoms with Gasteiger partial charge in [0, 0.05) is 0 Å². The maximum atomic E-state index is 12.8. The van der Waals surface area contributed by atoms with Crippen molar-refractivity contribution in [3.05, 3.63) is 64.4 Å². The van der Waals surface area contributed by atoms with E-state index < -0.39 is 30.2 Å². The van der Waals surface area contributed by atoms with Gasteiger partial charge < -0.3 is 14.8 Å². The molecule has 3 rings (SSSR count). The van der Waals surface area contributed by atoms with Gasteiger partial charge in [0.25, 0.3) is 11.5 Å². The molecule has 1 N–H and O–H groups in total. The van der Waals surface area contributed by atoms with Crippen LogP contribution in [0.15, 0.2) is 53.3 Å². The van der Waals surface area contributed by atoms with E-state index in [-0.39, 0.29) is 5.92 Å². The zero-order valence-electron chi connectivity index (χ0n) is 17.6. The monoisotopic (exact) mass is 424 g/mol. The molecule has 0 radical (unpaired) electrons. The van der Waals surface area contributed by atoms with Crippen molar-refractivity contribution in [1.82, 2.24) is 20.3 Å². The lowest BCUT2D eigenvalue weighted by Crippen LogP contribution is -2.45. The Morgan fingerprint density at radius 3 is 2.55 bits per heavy atom. The Morgan fingerprint density at radius 1 is 1.10 bits per heavy atom. The number of nitrogens with one attached hydrogen (secondary N) is 1. The third-order valence-electron chi connectivity index (χ3n) is 4.60. The summed E-state index contributed by atoms with van der Waals surface area (Å²) in [6, 6.07) is 12.6. The van der Waals surface area contributed by atoms with E-state index in [9.17, 15) is 14.4 Å². The van der Waals surface area contributed by atoms with Gasteiger partial charge in [-0.2, -0.15) is 4.68 Å². The van der Waals surface area contributed by atoms with Gasteiger partial charge in [-0.3, -0.25) is 9.59 Å². The topological polar surface area (TPSA) is 112 Å². The Bertz CT molecular complexity index is 1140. The summed E-state index contributed by atoms with van der Waals surface area (Å²) in [5, 5.41) is 10.8. The van der Waals surface area contributed by atoms with Gasteiger partial charge in [-0.15, -0.1) is 5.10 Å². The second-order valence-electron chi connectivity index (χ2n) is 7.13. The van der Waals surface area contributed by atoms with E-state index in [1.54, 1.807) is 62.4 Å². The van der Waals surface area contributed by atoms with Gasteiger partial charge in [-0.25, -0.2) is 4.79 Å². The van der Waals surface area contributed by atoms with Crippen LogP contribution in [0, 0.1) is 5.92 Å². The molecule has 0 fully saturated rings. The molecule has 0 saturated heterocycles. The molecule has 1 heterocycles. The van der Waals surface area contributed by atoms with Crippen molar-refractivity contribution < 1.29 is 19.1 Å². The first-order valence-electron chi connectivity index (χ1n) is 9.94. The highest BCUT2D eigenvalue weighted by Gasteiger charge is 2.27. The summed E-state index contributed by atoms with van der Waals surface area (Å²) in [7, 11) is 0. The van der Waals surface area contributed by atoms with E-state index in [4.69, 9.17) is 9.47 Å². The van der Waals surface area contributed by atoms with Gasteiger partial charge in [0.1, 0.15) is 17.3 Å². The van der Waals surface area contributed by atoms with Crippen LogP contribution in [-0.2, 0) is 16.3 Å². The Hall–Kier alpha value is -3.75. The Kier molecular flexibility index (Phi) is 6.96. The molecule has 0 aliphatic rings. The lowest BCUT2D eigenvalue weighted by atomic mass is 10.0. The number of rotatable bonds is 8. The zero-order valence-corrected chi connectivity index (χ0v) is 17.6. The number of esters is 1. The van der Waals surface area contributed by atoms with Crippen molar-refractivity contribution in [2.24, 2.45) is 5.92 Å². The largest absolute Gasteiger partial charge is 0.493 e. The summed E-state index contributed by atoms with van der Waals surface area (Å²) < 4.78 is 11.7. The highest BCUT2D eigenvalue weighted by atomic mass is 16.5. The normalized spacial score (nSPS) is 11.9. The first kappa shape index (κ1) is 21.9. The molecule has 0 saturated carbocycles. The van der Waals surface area contributed by atoms with E-state index in [0.717, 1.165) is 4.68 Å². The number of benzene rings is 2. The molecule has 0 spiro atoms. The molecular formula is C22H24N4O5. The number of carbonyl (C=O) groups is 2. The Balaban J connectivity index is 1.72. The summed E-state index contributed by atoms with van der Waals surface area (Å²) in [6.07, 6.45) is 0. The molecule has 2 aromatic carbocycles. The SMILES string of the molecule is CCOc1ccccc1C(=O)NC(C(=O)OCn1nnc2ccccc2c1=O)C(C)C. The first-order chi connectivity index (χ1) is 14.9. The lowest BCUT2D eigenvalue weighted by Gasteiger charge is -2.21. The molecule has 9 nitrogen and oxygen atoms in total. The maximum absolute atomic E-state index is 12.8. The molecule has 3 aromatic rings. The maximum Gasteiger partial charge on any atom is 0.330 e. The fourth-order valence-corrected chi connectivity index (χ4v) is 2.97. The number of amides is 1. The van der Waals surface area contributed by atoms with Crippen molar-refractivity contribution in [3.63, 3.8) is 0 Å². The van der Waals surface area contributed by atoms with Crippen molar-refractivity contribution in [2.45, 2.75) is 33.5 Å². The Labute approximate surface area is 179 Å². The number of hydrogen-bond acceptors (Lipinski definition) is 7. The number of ether oxygens (including phenoxy) is 2. The van der Waals surface area contributed by atoms with E-state index in [1.807, 2.05) is 6.92 Å². The van der Waals surface area contributed by atoms with E-state index in [0.29, 0.717) is 28.8 Å². The second-order valence-corrected chi connectivity index (χ2v) is 7.13. The predicted octanol–water partition coefficient (Wildman–Crippen LogP) is 2.15. The lowest BCUT2D eigenvalue weighted by molar-refractivity contribution is -0.151. The number of carbonyl (C=O) groups excluding carboxylic acids is 2. The number of para-hydroxylation sites is 1. The van der Waals surface area contributed by atoms with Gasteiger partial charge in [-0.1, -0.05) is 43.3 Å². The minimum atomic E-state index is -0.925. The van der Waals surface area contributed by atoms with Crippen molar-refractivity contribution in [3.8, 4) is 5.75 Å². The number of nitrogens with zero attached hydrogens (tertiary/aromatic N) is 3. The molecule has 1 amide bonds. The van der Waals surface area contributed by atoms with Gasteiger partial charge in [0.2, 0.25) is 0 Å². The summed E-state index contributed by atoms with van der Waals surface area (Å²) in [5.41, 5.74) is 0.351. The third kappa shape index (κ3) is 5.06. The van der Waals surface area contributed by atoms with Gasteiger partial charge in [0.15, 0.2) is 6.73 Å². The van der Waals surface area contributed by atoms with Crippen molar-refractivity contribution in [2.75, 3.05) is 6.61 Å². The fraction of sp³-hybridized carbons (Fsp3) is 0.318. The van der Waals surface area contributed by atoms with Gasteiger partial charge in [0.05, 0.1) is 17.6 Å². The molecule has 1 unspecified atom stereocenters. The number of fused-ring (bicyclic) bond motifs is 1. The summed E-state index contributed by atoms with van der Waals surface area (Å²) >= 11 is 0. The molecule has 0 bridgehead atoms. The molecule has 1 atom stereocenters. The number of hydrogen-bond donors (Lipinski definition) is 1. The average Bonchev–Trinajstić information content (AvgIpc) is 2.77. The molecule has 1 aromatic heterocycles. The van der Waals surface area contributed by atoms with Gasteiger partial charge >= 0.3 is 5.97 Å². The summed E-state index contributed by atoms with van der Waals surface area (Å²) in [4.78, 5) is 37.9. The third-order valence-corrected chi connectivity index (χ3v) is 4.60. The van der Waals surface area contributed by atoms with Crippen LogP contribution in [0.1, 0.15) is 31.1 Å². The second kappa shape index (κ2) is 9.84. The highest BCUT2D eigenvalue weighted by molar-refractivity contribution is 5.99. The van der Waals surface area contributed by atoms with E-state index in [1.165, 1.54) is 0 Å².